The summed E-state index contributed by atoms with van der Waals surface area (Å²) in [6.07, 6.45) is 2.44. The third-order valence-corrected chi connectivity index (χ3v) is 5.28. The summed E-state index contributed by atoms with van der Waals surface area (Å²) in [5, 5.41) is 19.7. The highest BCUT2D eigenvalue weighted by molar-refractivity contribution is 5.49. The van der Waals surface area contributed by atoms with Crippen molar-refractivity contribution in [2.45, 2.75) is 44.9 Å². The first-order chi connectivity index (χ1) is 13.9. The lowest BCUT2D eigenvalue weighted by Gasteiger charge is -2.35. The van der Waals surface area contributed by atoms with Crippen LogP contribution in [-0.4, -0.2) is 59.6 Å². The van der Waals surface area contributed by atoms with Gasteiger partial charge in [0.2, 0.25) is 0 Å². The number of hydrogen-bond acceptors (Lipinski definition) is 5. The highest BCUT2D eigenvalue weighted by atomic mass is 16.5. The van der Waals surface area contributed by atoms with Crippen LogP contribution in [0.3, 0.4) is 0 Å². The number of likely N-dealkylation sites (tertiary alicyclic amines) is 1. The van der Waals surface area contributed by atoms with Gasteiger partial charge in [-0.25, -0.2) is 0 Å². The second-order valence-electron chi connectivity index (χ2n) is 8.61. The molecule has 1 heterocycles. The number of aliphatic hydroxyl groups is 1. The van der Waals surface area contributed by atoms with Crippen LogP contribution in [0.4, 0.5) is 5.69 Å². The zero-order valence-corrected chi connectivity index (χ0v) is 17.6. The van der Waals surface area contributed by atoms with Gasteiger partial charge in [-0.15, -0.1) is 0 Å². The van der Waals surface area contributed by atoms with E-state index in [1.165, 1.54) is 18.4 Å². The van der Waals surface area contributed by atoms with E-state index in [2.05, 4.69) is 34.1 Å². The molecule has 1 aliphatic heterocycles. The first-order valence-corrected chi connectivity index (χ1v) is 10.5. The lowest BCUT2D eigenvalue weighted by Crippen LogP contribution is -2.46. The van der Waals surface area contributed by atoms with Crippen molar-refractivity contribution in [3.05, 3.63) is 60.2 Å². The number of aromatic hydroxyl groups is 1. The van der Waals surface area contributed by atoms with E-state index in [0.29, 0.717) is 13.2 Å². The maximum Gasteiger partial charge on any atom is 0.115 e. The van der Waals surface area contributed by atoms with Gasteiger partial charge >= 0.3 is 0 Å². The Bertz CT molecular complexity index is 722. The zero-order valence-electron chi connectivity index (χ0n) is 17.6. The molecule has 0 amide bonds. The molecule has 0 aromatic heterocycles. The standard InChI is InChI=1S/C24H34N2O3/c1-24(2,28)19-29-18-22(25-14-6-7-15-25)17-26(16-20-8-4-3-5-9-20)21-10-12-23(27)13-11-21/h3-5,8-13,22,27-28H,6-7,14-19H2,1-2H3. The van der Waals surface area contributed by atoms with E-state index in [0.717, 1.165) is 31.9 Å². The van der Waals surface area contributed by atoms with Gasteiger partial charge < -0.3 is 19.8 Å². The number of benzene rings is 2. The molecule has 158 valence electrons. The first-order valence-electron chi connectivity index (χ1n) is 10.5. The lowest BCUT2D eigenvalue weighted by atomic mass is 10.1. The van der Waals surface area contributed by atoms with E-state index in [9.17, 15) is 10.2 Å². The number of nitrogens with zero attached hydrogens (tertiary/aromatic N) is 2. The quantitative estimate of drug-likeness (QED) is 0.640. The smallest absolute Gasteiger partial charge is 0.115 e. The Labute approximate surface area is 174 Å². The molecule has 2 aromatic carbocycles. The predicted octanol–water partition coefficient (Wildman–Crippen LogP) is 3.65. The van der Waals surface area contributed by atoms with Gasteiger partial charge in [-0.2, -0.15) is 0 Å². The molecule has 1 atom stereocenters. The molecule has 1 unspecified atom stereocenters. The molecular weight excluding hydrogens is 364 g/mol. The van der Waals surface area contributed by atoms with Crippen molar-refractivity contribution in [1.29, 1.82) is 0 Å². The summed E-state index contributed by atoms with van der Waals surface area (Å²) in [6.45, 7) is 8.26. The molecular formula is C24H34N2O3. The number of rotatable bonds is 10. The molecule has 0 radical (unpaired) electrons. The average molecular weight is 399 g/mol. The third kappa shape index (κ3) is 7.03. The van der Waals surface area contributed by atoms with E-state index in [1.807, 2.05) is 18.2 Å². The van der Waals surface area contributed by atoms with Crippen molar-refractivity contribution in [3.63, 3.8) is 0 Å². The van der Waals surface area contributed by atoms with Gasteiger partial charge in [0, 0.05) is 18.8 Å². The van der Waals surface area contributed by atoms with Crippen LogP contribution < -0.4 is 4.90 Å². The van der Waals surface area contributed by atoms with E-state index >= 15 is 0 Å². The summed E-state index contributed by atoms with van der Waals surface area (Å²) in [5.41, 5.74) is 1.51. The van der Waals surface area contributed by atoms with Crippen LogP contribution in [-0.2, 0) is 11.3 Å². The Balaban J connectivity index is 1.76. The lowest BCUT2D eigenvalue weighted by molar-refractivity contribution is -0.0349. The monoisotopic (exact) mass is 398 g/mol. The van der Waals surface area contributed by atoms with E-state index in [1.54, 1.807) is 26.0 Å². The number of anilines is 1. The van der Waals surface area contributed by atoms with Crippen molar-refractivity contribution in [2.24, 2.45) is 0 Å². The van der Waals surface area contributed by atoms with Crippen LogP contribution in [0.1, 0.15) is 32.3 Å². The first kappa shape index (κ1) is 21.6. The van der Waals surface area contributed by atoms with Crippen molar-refractivity contribution in [1.82, 2.24) is 4.90 Å². The van der Waals surface area contributed by atoms with Gasteiger partial charge in [0.1, 0.15) is 5.75 Å². The molecule has 2 aromatic rings. The minimum absolute atomic E-state index is 0.248. The van der Waals surface area contributed by atoms with E-state index in [4.69, 9.17) is 4.74 Å². The fourth-order valence-electron chi connectivity index (χ4n) is 3.81. The SMILES string of the molecule is CC(C)(O)COCC(CN(Cc1ccccc1)c1ccc(O)cc1)N1CCCC1. The second-order valence-corrected chi connectivity index (χ2v) is 8.61. The summed E-state index contributed by atoms with van der Waals surface area (Å²) < 4.78 is 5.92. The van der Waals surface area contributed by atoms with Crippen molar-refractivity contribution < 1.29 is 14.9 Å². The number of hydrogen-bond donors (Lipinski definition) is 2. The fraction of sp³-hybridized carbons (Fsp3) is 0.500. The molecule has 0 aliphatic carbocycles. The molecule has 1 aliphatic rings. The van der Waals surface area contributed by atoms with Crippen LogP contribution in [0.5, 0.6) is 5.75 Å². The van der Waals surface area contributed by atoms with Gasteiger partial charge in [0.15, 0.2) is 0 Å². The maximum atomic E-state index is 10.0. The summed E-state index contributed by atoms with van der Waals surface area (Å²) in [6, 6.07) is 18.1. The van der Waals surface area contributed by atoms with Crippen molar-refractivity contribution in [3.8, 4) is 5.75 Å². The van der Waals surface area contributed by atoms with Gasteiger partial charge in [-0.05, 0) is 69.6 Å². The molecule has 0 bridgehead atoms. The Kier molecular flexibility index (Phi) is 7.53. The average Bonchev–Trinajstić information content (AvgIpc) is 3.22. The van der Waals surface area contributed by atoms with Crippen molar-refractivity contribution in [2.75, 3.05) is 37.7 Å². The predicted molar refractivity (Wildman–Crippen MR) is 117 cm³/mol. The molecule has 3 rings (SSSR count). The Morgan fingerprint density at radius 3 is 2.31 bits per heavy atom. The molecule has 5 nitrogen and oxygen atoms in total. The Hall–Kier alpha value is -2.08. The van der Waals surface area contributed by atoms with Gasteiger partial charge in [-0.1, -0.05) is 30.3 Å². The Morgan fingerprint density at radius 2 is 1.69 bits per heavy atom. The molecule has 29 heavy (non-hydrogen) atoms. The van der Waals surface area contributed by atoms with Crippen molar-refractivity contribution >= 4 is 5.69 Å². The molecule has 1 saturated heterocycles. The fourth-order valence-corrected chi connectivity index (χ4v) is 3.81. The van der Waals surface area contributed by atoms with E-state index < -0.39 is 5.60 Å². The summed E-state index contributed by atoms with van der Waals surface area (Å²) in [4.78, 5) is 4.86. The van der Waals surface area contributed by atoms with Gasteiger partial charge in [-0.3, -0.25) is 4.90 Å². The summed E-state index contributed by atoms with van der Waals surface area (Å²) >= 11 is 0. The van der Waals surface area contributed by atoms with Crippen LogP contribution in [0, 0.1) is 0 Å². The molecule has 5 heteroatoms. The molecule has 2 N–H and O–H groups in total. The zero-order chi connectivity index (χ0) is 20.7. The van der Waals surface area contributed by atoms with Crippen LogP contribution in [0.15, 0.2) is 54.6 Å². The van der Waals surface area contributed by atoms with Gasteiger partial charge in [0.05, 0.1) is 24.9 Å². The molecule has 0 spiro atoms. The minimum Gasteiger partial charge on any atom is -0.508 e. The highest BCUT2D eigenvalue weighted by Gasteiger charge is 2.26. The number of phenolic OH excluding ortho intramolecular Hbond substituents is 1. The normalized spacial score (nSPS) is 16.1. The number of phenols is 1. The van der Waals surface area contributed by atoms with Crippen LogP contribution >= 0.6 is 0 Å². The largest absolute Gasteiger partial charge is 0.508 e. The van der Waals surface area contributed by atoms with Crippen LogP contribution in [0.2, 0.25) is 0 Å². The summed E-state index contributed by atoms with van der Waals surface area (Å²) in [5.74, 6) is 0.276. The number of ether oxygens (including phenoxy) is 1. The highest BCUT2D eigenvalue weighted by Crippen LogP contribution is 2.23. The molecule has 1 fully saturated rings. The Morgan fingerprint density at radius 1 is 1.03 bits per heavy atom. The van der Waals surface area contributed by atoms with Gasteiger partial charge in [0.25, 0.3) is 0 Å². The van der Waals surface area contributed by atoms with Crippen LogP contribution in [0.25, 0.3) is 0 Å². The summed E-state index contributed by atoms with van der Waals surface area (Å²) in [7, 11) is 0. The maximum absolute atomic E-state index is 10.0. The van der Waals surface area contributed by atoms with E-state index in [-0.39, 0.29) is 11.8 Å². The topological polar surface area (TPSA) is 56.2 Å². The minimum atomic E-state index is -0.823. The third-order valence-electron chi connectivity index (χ3n) is 5.28. The molecule has 0 saturated carbocycles. The second kappa shape index (κ2) is 10.1.